The van der Waals surface area contributed by atoms with Crippen molar-refractivity contribution in [3.63, 3.8) is 0 Å². The first-order valence-corrected chi connectivity index (χ1v) is 26.1. The van der Waals surface area contributed by atoms with Crippen LogP contribution in [0.5, 0.6) is 0 Å². The van der Waals surface area contributed by atoms with Gasteiger partial charge in [0.15, 0.2) is 6.29 Å². The molecule has 13 heteroatoms. The Morgan fingerprint density at radius 3 is 1.60 bits per heavy atom. The number of carbonyl (C=O) groups is 1. The molecular weight excluding hydrogens is 813 g/mol. The van der Waals surface area contributed by atoms with E-state index in [-0.39, 0.29) is 19.6 Å². The van der Waals surface area contributed by atoms with Crippen molar-refractivity contribution in [2.24, 2.45) is 0 Å². The van der Waals surface area contributed by atoms with Crippen molar-refractivity contribution >= 4 is 16.4 Å². The predicted molar refractivity (Wildman–Crippen MR) is 248 cm³/mol. The predicted octanol–water partition coefficient (Wildman–Crippen LogP) is 11.0. The van der Waals surface area contributed by atoms with Crippen LogP contribution in [0.25, 0.3) is 0 Å². The quantitative estimate of drug-likeness (QED) is 0.0197. The van der Waals surface area contributed by atoms with Gasteiger partial charge in [-0.2, -0.15) is 8.42 Å². The third kappa shape index (κ3) is 33.8. The normalized spacial score (nSPS) is 20.3. The summed E-state index contributed by atoms with van der Waals surface area (Å²) in [7, 11) is -5.06. The minimum atomic E-state index is -5.06. The number of carbonyl (C=O) groups excluding carboxylic acids is 1. The molecule has 6 atom stereocenters. The Hall–Kier alpha value is -1.68. The molecule has 0 amide bonds. The van der Waals surface area contributed by atoms with E-state index in [2.05, 4.69) is 54.5 Å². The van der Waals surface area contributed by atoms with Gasteiger partial charge in [0.2, 0.25) is 0 Å². The van der Waals surface area contributed by atoms with Crippen LogP contribution in [0.2, 0.25) is 0 Å². The molecule has 364 valence electrons. The van der Waals surface area contributed by atoms with E-state index in [0.29, 0.717) is 13.0 Å². The first-order chi connectivity index (χ1) is 30.1. The number of unbranched alkanes of at least 4 members (excludes halogenated alkanes) is 24. The second-order valence-electron chi connectivity index (χ2n) is 17.0. The molecule has 12 nitrogen and oxygen atoms in total. The van der Waals surface area contributed by atoms with Crippen molar-refractivity contribution in [1.29, 1.82) is 0 Å². The van der Waals surface area contributed by atoms with Crippen LogP contribution < -0.4 is 0 Å². The Labute approximate surface area is 377 Å². The number of allylic oxidation sites excluding steroid dienone is 6. The number of aliphatic hydroxyl groups is 3. The van der Waals surface area contributed by atoms with Gasteiger partial charge in [0.1, 0.15) is 30.5 Å². The second-order valence-corrected chi connectivity index (χ2v) is 18.1. The van der Waals surface area contributed by atoms with Crippen LogP contribution in [0.1, 0.15) is 206 Å². The highest BCUT2D eigenvalue weighted by molar-refractivity contribution is 7.80. The van der Waals surface area contributed by atoms with Gasteiger partial charge in [0, 0.05) is 13.0 Å². The SMILES string of the molecule is CCCC/C=C\CCCCCCCCOCC(COC1OC(CO)C(O)C(OS(=O)(=O)O)C1O)OC(=O)CCCCCCCCCCCCC/C=C\C/C=C\CCCCCCC. The minimum Gasteiger partial charge on any atom is -0.457 e. The summed E-state index contributed by atoms with van der Waals surface area (Å²) in [6, 6.07) is 0. The molecule has 62 heavy (non-hydrogen) atoms. The molecule has 4 N–H and O–H groups in total. The molecule has 6 unspecified atom stereocenters. The fraction of sp³-hybridized carbons (Fsp3) is 0.857. The van der Waals surface area contributed by atoms with Crippen LogP contribution in [0.4, 0.5) is 0 Å². The van der Waals surface area contributed by atoms with Gasteiger partial charge in [-0.1, -0.05) is 172 Å². The standard InChI is InChI=1S/C49H90O12S/c1-3-5-7-9-11-13-15-17-18-19-20-21-22-23-24-25-26-27-28-30-32-34-36-38-45(51)59-43(41-57-39-37-35-33-31-29-16-14-12-10-8-6-4-2)42-58-49-47(53)48(61-62(54,55)56)46(52)44(40-50)60-49/h10,12,15,17,19-20,43-44,46-50,52-53H,3-9,11,13-14,16,18,21-42H2,1-2H3,(H,54,55,56)/b12-10-,17-15-,20-19-. The maximum Gasteiger partial charge on any atom is 0.397 e. The van der Waals surface area contributed by atoms with Crippen LogP contribution >= 0.6 is 0 Å². The average molecular weight is 903 g/mol. The van der Waals surface area contributed by atoms with Gasteiger partial charge in [0.25, 0.3) is 0 Å². The summed E-state index contributed by atoms with van der Waals surface area (Å²) in [6.45, 7) is 3.94. The van der Waals surface area contributed by atoms with Crippen molar-refractivity contribution in [3.8, 4) is 0 Å². The van der Waals surface area contributed by atoms with Gasteiger partial charge in [-0.05, 0) is 64.2 Å². The molecule has 1 aliphatic heterocycles. The highest BCUT2D eigenvalue weighted by Crippen LogP contribution is 2.26. The van der Waals surface area contributed by atoms with Gasteiger partial charge in [0.05, 0.1) is 19.8 Å². The summed E-state index contributed by atoms with van der Waals surface area (Å²) in [4.78, 5) is 12.9. The highest BCUT2D eigenvalue weighted by Gasteiger charge is 2.48. The van der Waals surface area contributed by atoms with Gasteiger partial charge >= 0.3 is 16.4 Å². The second kappa shape index (κ2) is 40.8. The number of rotatable bonds is 43. The zero-order valence-corrected chi connectivity index (χ0v) is 39.7. The molecule has 0 aromatic rings. The molecule has 0 radical (unpaired) electrons. The monoisotopic (exact) mass is 903 g/mol. The summed E-state index contributed by atoms with van der Waals surface area (Å²) in [5, 5.41) is 30.7. The van der Waals surface area contributed by atoms with Crippen molar-refractivity contribution in [2.45, 2.75) is 243 Å². The third-order valence-electron chi connectivity index (χ3n) is 11.2. The molecule has 1 aliphatic rings. The Bertz CT molecular complexity index is 1230. The minimum absolute atomic E-state index is 0.0319. The van der Waals surface area contributed by atoms with E-state index in [4.69, 9.17) is 23.5 Å². The Kier molecular flexibility index (Phi) is 38.4. The number of hydrogen-bond donors (Lipinski definition) is 4. The first kappa shape index (κ1) is 58.3. The molecule has 1 heterocycles. The van der Waals surface area contributed by atoms with Gasteiger partial charge in [-0.3, -0.25) is 9.35 Å². The summed E-state index contributed by atoms with van der Waals surface area (Å²) in [5.74, 6) is -0.403. The summed E-state index contributed by atoms with van der Waals surface area (Å²) in [5.41, 5.74) is 0. The van der Waals surface area contributed by atoms with Crippen LogP contribution in [-0.2, 0) is 38.3 Å². The van der Waals surface area contributed by atoms with Gasteiger partial charge in [-0.15, -0.1) is 0 Å². The molecule has 1 saturated heterocycles. The molecule has 0 aromatic carbocycles. The van der Waals surface area contributed by atoms with Crippen molar-refractivity contribution in [1.82, 2.24) is 0 Å². The lowest BCUT2D eigenvalue weighted by atomic mass is 9.99. The zero-order valence-electron chi connectivity index (χ0n) is 38.9. The molecule has 0 bridgehead atoms. The molecule has 0 saturated carbocycles. The lowest BCUT2D eigenvalue weighted by Crippen LogP contribution is -2.60. The maximum atomic E-state index is 12.9. The smallest absolute Gasteiger partial charge is 0.397 e. The fourth-order valence-electron chi connectivity index (χ4n) is 7.45. The third-order valence-corrected chi connectivity index (χ3v) is 11.7. The molecule has 1 fully saturated rings. The lowest BCUT2D eigenvalue weighted by Gasteiger charge is -2.41. The van der Waals surface area contributed by atoms with Crippen molar-refractivity contribution in [2.75, 3.05) is 26.4 Å². The van der Waals surface area contributed by atoms with E-state index in [0.717, 1.165) is 57.8 Å². The van der Waals surface area contributed by atoms with Crippen LogP contribution in [0.3, 0.4) is 0 Å². The topological polar surface area (TPSA) is 178 Å². The number of ether oxygens (including phenoxy) is 4. The largest absolute Gasteiger partial charge is 0.457 e. The lowest BCUT2D eigenvalue weighted by molar-refractivity contribution is -0.301. The summed E-state index contributed by atoms with van der Waals surface area (Å²) >= 11 is 0. The molecule has 1 rings (SSSR count). The Morgan fingerprint density at radius 2 is 1.08 bits per heavy atom. The van der Waals surface area contributed by atoms with Crippen LogP contribution in [-0.4, -0.2) is 97.5 Å². The Balaban J connectivity index is 2.34. The Morgan fingerprint density at radius 1 is 0.613 bits per heavy atom. The molecular formula is C49H90O12S. The zero-order chi connectivity index (χ0) is 45.4. The average Bonchev–Trinajstić information content (AvgIpc) is 3.24. The van der Waals surface area contributed by atoms with E-state index in [1.807, 2.05) is 0 Å². The molecule has 0 spiro atoms. The van der Waals surface area contributed by atoms with Gasteiger partial charge < -0.3 is 34.3 Å². The number of aliphatic hydroxyl groups excluding tert-OH is 3. The van der Waals surface area contributed by atoms with E-state index in [9.17, 15) is 28.5 Å². The fourth-order valence-corrected chi connectivity index (χ4v) is 7.96. The number of esters is 1. The van der Waals surface area contributed by atoms with E-state index in [1.165, 1.54) is 122 Å². The van der Waals surface area contributed by atoms with Crippen molar-refractivity contribution in [3.05, 3.63) is 36.5 Å². The van der Waals surface area contributed by atoms with Crippen LogP contribution in [0.15, 0.2) is 36.5 Å². The van der Waals surface area contributed by atoms with E-state index < -0.39 is 59.8 Å². The summed E-state index contributed by atoms with van der Waals surface area (Å²) < 4.78 is 59.1. The molecule has 0 aliphatic carbocycles. The van der Waals surface area contributed by atoms with E-state index >= 15 is 0 Å². The maximum absolute atomic E-state index is 12.9. The van der Waals surface area contributed by atoms with E-state index in [1.54, 1.807) is 0 Å². The summed E-state index contributed by atoms with van der Waals surface area (Å²) in [6.07, 6.45) is 38.9. The molecule has 0 aromatic heterocycles. The van der Waals surface area contributed by atoms with Crippen molar-refractivity contribution < 1.29 is 56.2 Å². The number of hydrogen-bond acceptors (Lipinski definition) is 11. The van der Waals surface area contributed by atoms with Crippen LogP contribution in [0, 0.1) is 0 Å². The highest BCUT2D eigenvalue weighted by atomic mass is 32.3. The van der Waals surface area contributed by atoms with Gasteiger partial charge in [-0.25, -0.2) is 4.18 Å². The first-order valence-electron chi connectivity index (χ1n) is 24.7.